The first kappa shape index (κ1) is 30.2. The van der Waals surface area contributed by atoms with Crippen molar-refractivity contribution in [3.05, 3.63) is 93.6 Å². The summed E-state index contributed by atoms with van der Waals surface area (Å²) in [4.78, 5) is 36.0. The Morgan fingerprint density at radius 3 is 2.19 bits per heavy atom. The van der Waals surface area contributed by atoms with Gasteiger partial charge >= 0.3 is 18.1 Å². The van der Waals surface area contributed by atoms with Gasteiger partial charge in [-0.15, -0.1) is 0 Å². The van der Waals surface area contributed by atoms with Gasteiger partial charge in [0.25, 0.3) is 0 Å². The van der Waals surface area contributed by atoms with E-state index in [-0.39, 0.29) is 17.0 Å². The number of aromatic carboxylic acids is 1. The van der Waals surface area contributed by atoms with Crippen molar-refractivity contribution >= 4 is 34.3 Å². The fraction of sp³-hybridized carbons (Fsp3) is 0.258. The van der Waals surface area contributed by atoms with Crippen LogP contribution in [0.15, 0.2) is 75.9 Å². The first-order chi connectivity index (χ1) is 19.8. The summed E-state index contributed by atoms with van der Waals surface area (Å²) < 4.78 is 38.1. The molecule has 11 heteroatoms. The number of benzene rings is 3. The highest BCUT2D eigenvalue weighted by atomic mass is 19.4. The number of fused-ring (bicyclic) bond motifs is 1. The molecule has 4 aromatic rings. The number of carbonyl (C=O) groups is 2. The maximum absolute atomic E-state index is 13.1. The van der Waals surface area contributed by atoms with E-state index < -0.39 is 18.1 Å². The molecular formula is C31H29F3N2O6. The van der Waals surface area contributed by atoms with Crippen LogP contribution in [0.5, 0.6) is 0 Å². The standard InChI is InChI=1S/C29H28N2O4.C2HF3O2/c1-18-15-23(19(2)30-25-8-4-3-7-22(25)29(33)34)28-24(16-18)26(32)17-27(35-28)20-9-11-21(12-10-20)31-13-5-6-14-31;3-2(4,5)1(6)7/h3-4,7-12,15-17,19,30H,5-6,13-14H2,1-2H3,(H,33,34);(H,6,7). The number of aliphatic carboxylic acids is 1. The minimum absolute atomic E-state index is 0.104. The van der Waals surface area contributed by atoms with Crippen LogP contribution in [-0.2, 0) is 4.79 Å². The highest BCUT2D eigenvalue weighted by Gasteiger charge is 2.38. The number of halogens is 3. The molecule has 0 saturated carbocycles. The minimum Gasteiger partial charge on any atom is -0.478 e. The van der Waals surface area contributed by atoms with Crippen molar-refractivity contribution in [1.29, 1.82) is 0 Å². The zero-order valence-corrected chi connectivity index (χ0v) is 22.9. The number of rotatable bonds is 6. The normalized spacial score (nSPS) is 13.8. The van der Waals surface area contributed by atoms with Crippen LogP contribution in [0.1, 0.15) is 47.3 Å². The van der Waals surface area contributed by atoms with Crippen LogP contribution in [0.3, 0.4) is 0 Å². The van der Waals surface area contributed by atoms with E-state index >= 15 is 0 Å². The van der Waals surface area contributed by atoms with E-state index in [0.717, 1.165) is 29.8 Å². The molecule has 5 rings (SSSR count). The third-order valence-corrected chi connectivity index (χ3v) is 6.86. The number of carboxylic acids is 2. The summed E-state index contributed by atoms with van der Waals surface area (Å²) >= 11 is 0. The number of alkyl halides is 3. The quantitative estimate of drug-likeness (QED) is 0.225. The molecule has 0 bridgehead atoms. The molecule has 1 aliphatic heterocycles. The van der Waals surface area contributed by atoms with Gasteiger partial charge in [0.15, 0.2) is 5.43 Å². The lowest BCUT2D eigenvalue weighted by atomic mass is 10.00. The highest BCUT2D eigenvalue weighted by molar-refractivity contribution is 5.94. The summed E-state index contributed by atoms with van der Waals surface area (Å²) in [5, 5.41) is 20.5. The number of anilines is 2. The molecule has 220 valence electrons. The van der Waals surface area contributed by atoms with Crippen LogP contribution >= 0.6 is 0 Å². The Bertz CT molecular complexity index is 1660. The Kier molecular flexibility index (Phi) is 8.89. The van der Waals surface area contributed by atoms with Crippen molar-refractivity contribution < 1.29 is 37.4 Å². The van der Waals surface area contributed by atoms with Crippen LogP contribution in [0.25, 0.3) is 22.3 Å². The summed E-state index contributed by atoms with van der Waals surface area (Å²) in [5.74, 6) is -3.24. The predicted octanol–water partition coefficient (Wildman–Crippen LogP) is 6.87. The molecule has 3 N–H and O–H groups in total. The smallest absolute Gasteiger partial charge is 0.478 e. The van der Waals surface area contributed by atoms with Crippen LogP contribution < -0.4 is 15.6 Å². The molecule has 8 nitrogen and oxygen atoms in total. The van der Waals surface area contributed by atoms with Crippen LogP contribution in [0, 0.1) is 6.92 Å². The van der Waals surface area contributed by atoms with Gasteiger partial charge in [-0.1, -0.05) is 18.2 Å². The number of nitrogens with zero attached hydrogens (tertiary/aromatic N) is 1. The second kappa shape index (κ2) is 12.4. The Hall–Kier alpha value is -4.80. The van der Waals surface area contributed by atoms with E-state index in [4.69, 9.17) is 14.3 Å². The zero-order chi connectivity index (χ0) is 30.6. The van der Waals surface area contributed by atoms with Crippen molar-refractivity contribution in [2.75, 3.05) is 23.3 Å². The lowest BCUT2D eigenvalue weighted by molar-refractivity contribution is -0.192. The predicted molar refractivity (Wildman–Crippen MR) is 153 cm³/mol. The van der Waals surface area contributed by atoms with Crippen molar-refractivity contribution in [3.63, 3.8) is 0 Å². The number of nitrogens with one attached hydrogen (secondary N) is 1. The van der Waals surface area contributed by atoms with Gasteiger partial charge in [0.2, 0.25) is 0 Å². The molecular weight excluding hydrogens is 553 g/mol. The van der Waals surface area contributed by atoms with E-state index in [0.29, 0.717) is 22.4 Å². The number of hydrogen-bond donors (Lipinski definition) is 3. The summed E-state index contributed by atoms with van der Waals surface area (Å²) in [6.07, 6.45) is -2.65. The maximum atomic E-state index is 13.1. The van der Waals surface area contributed by atoms with Crippen LogP contribution in [-0.4, -0.2) is 41.4 Å². The summed E-state index contributed by atoms with van der Waals surface area (Å²) in [7, 11) is 0. The van der Waals surface area contributed by atoms with Crippen molar-refractivity contribution in [2.45, 2.75) is 38.9 Å². The molecule has 42 heavy (non-hydrogen) atoms. The third-order valence-electron chi connectivity index (χ3n) is 6.86. The molecule has 2 heterocycles. The minimum atomic E-state index is -5.08. The maximum Gasteiger partial charge on any atom is 0.490 e. The molecule has 1 unspecified atom stereocenters. The molecule has 1 aromatic heterocycles. The lowest BCUT2D eigenvalue weighted by Gasteiger charge is -2.19. The first-order valence-electron chi connectivity index (χ1n) is 13.2. The fourth-order valence-electron chi connectivity index (χ4n) is 4.82. The molecule has 0 amide bonds. The number of aryl methyl sites for hydroxylation is 1. The van der Waals surface area contributed by atoms with Crippen molar-refractivity contribution in [2.24, 2.45) is 0 Å². The van der Waals surface area contributed by atoms with E-state index in [9.17, 15) is 27.9 Å². The van der Waals surface area contributed by atoms with E-state index in [2.05, 4.69) is 22.3 Å². The summed E-state index contributed by atoms with van der Waals surface area (Å²) in [5.41, 5.74) is 4.86. The average Bonchev–Trinajstić information content (AvgIpc) is 3.48. The van der Waals surface area contributed by atoms with Gasteiger partial charge in [-0.2, -0.15) is 13.2 Å². The number of carboxylic acid groups (broad SMARTS) is 2. The SMILES string of the molecule is Cc1cc(C(C)Nc2ccccc2C(=O)O)c2oc(-c3ccc(N4CCCC4)cc3)cc(=O)c2c1.O=C(O)C(F)(F)F. The second-order valence-corrected chi connectivity index (χ2v) is 9.97. The number of hydrogen-bond acceptors (Lipinski definition) is 6. The molecule has 1 atom stereocenters. The van der Waals surface area contributed by atoms with Crippen LogP contribution in [0.2, 0.25) is 0 Å². The number of para-hydroxylation sites is 1. The van der Waals surface area contributed by atoms with Gasteiger partial charge in [0.1, 0.15) is 11.3 Å². The van der Waals surface area contributed by atoms with Crippen molar-refractivity contribution in [1.82, 2.24) is 0 Å². The lowest BCUT2D eigenvalue weighted by Crippen LogP contribution is -2.21. The molecule has 1 fully saturated rings. The van der Waals surface area contributed by atoms with E-state index in [1.807, 2.05) is 38.1 Å². The monoisotopic (exact) mass is 582 g/mol. The Morgan fingerprint density at radius 2 is 1.60 bits per heavy atom. The molecule has 0 spiro atoms. The Balaban J connectivity index is 0.000000517. The van der Waals surface area contributed by atoms with Gasteiger partial charge in [0, 0.05) is 41.7 Å². The highest BCUT2D eigenvalue weighted by Crippen LogP contribution is 2.32. The molecule has 1 aliphatic rings. The Morgan fingerprint density at radius 1 is 0.976 bits per heavy atom. The average molecular weight is 583 g/mol. The molecule has 3 aromatic carbocycles. The third kappa shape index (κ3) is 6.91. The fourth-order valence-corrected chi connectivity index (χ4v) is 4.82. The summed E-state index contributed by atoms with van der Waals surface area (Å²) in [6.45, 7) is 6.02. The van der Waals surface area contributed by atoms with Gasteiger partial charge in [-0.05, 0) is 74.7 Å². The topological polar surface area (TPSA) is 120 Å². The van der Waals surface area contributed by atoms with Gasteiger partial charge in [-0.25, -0.2) is 9.59 Å². The Labute approximate surface area is 239 Å². The van der Waals surface area contributed by atoms with Crippen LogP contribution in [0.4, 0.5) is 24.5 Å². The van der Waals surface area contributed by atoms with Gasteiger partial charge in [-0.3, -0.25) is 4.79 Å². The first-order valence-corrected chi connectivity index (χ1v) is 13.2. The molecule has 1 saturated heterocycles. The van der Waals surface area contributed by atoms with E-state index in [1.54, 1.807) is 30.3 Å². The largest absolute Gasteiger partial charge is 0.490 e. The molecule has 0 aliphatic carbocycles. The van der Waals surface area contributed by atoms with Gasteiger partial charge < -0.3 is 24.8 Å². The van der Waals surface area contributed by atoms with E-state index in [1.165, 1.54) is 18.5 Å². The molecule has 0 radical (unpaired) electrons. The summed E-state index contributed by atoms with van der Waals surface area (Å²) in [6, 6.07) is 20.0. The van der Waals surface area contributed by atoms with Gasteiger partial charge in [0.05, 0.1) is 17.0 Å². The van der Waals surface area contributed by atoms with Crippen molar-refractivity contribution in [3.8, 4) is 11.3 Å². The second-order valence-electron chi connectivity index (χ2n) is 9.97. The zero-order valence-electron chi connectivity index (χ0n) is 22.9.